The van der Waals surface area contributed by atoms with Gasteiger partial charge in [-0.15, -0.1) is 0 Å². The Balaban J connectivity index is 1.74. The van der Waals surface area contributed by atoms with Crippen molar-refractivity contribution in [3.05, 3.63) is 98.5 Å². The van der Waals surface area contributed by atoms with Crippen LogP contribution >= 0.6 is 0 Å². The molecule has 1 aliphatic rings. The second kappa shape index (κ2) is 7.30. The van der Waals surface area contributed by atoms with E-state index in [1.807, 2.05) is 66.2 Å². The molecule has 150 valence electrons. The second-order valence-electron chi connectivity index (χ2n) is 7.58. The Hall–Kier alpha value is -3.67. The molecule has 1 aliphatic heterocycles. The van der Waals surface area contributed by atoms with E-state index in [0.29, 0.717) is 37.1 Å². The minimum atomic E-state index is -0.303. The summed E-state index contributed by atoms with van der Waals surface area (Å²) in [6, 6.07) is 19.9. The van der Waals surface area contributed by atoms with Crippen molar-refractivity contribution in [2.75, 3.05) is 0 Å². The number of hydrogen-bond donors (Lipinski definition) is 0. The average Bonchev–Trinajstić information content (AvgIpc) is 3.34. The highest BCUT2D eigenvalue weighted by Crippen LogP contribution is 2.29. The number of nitrogens with zero attached hydrogens (tertiary/aromatic N) is 4. The first-order valence-electron chi connectivity index (χ1n) is 10.2. The van der Waals surface area contributed by atoms with E-state index >= 15 is 0 Å². The average molecular weight is 398 g/mol. The molecule has 2 aromatic carbocycles. The Labute approximate surface area is 173 Å². The third-order valence-electron chi connectivity index (χ3n) is 5.54. The molecule has 0 saturated heterocycles. The van der Waals surface area contributed by atoms with Gasteiger partial charge in [0.2, 0.25) is 0 Å². The summed E-state index contributed by atoms with van der Waals surface area (Å²) in [6.07, 6.45) is 3.32. The first kappa shape index (κ1) is 18.4. The molecule has 6 heteroatoms. The lowest BCUT2D eigenvalue weighted by atomic mass is 10.1. The summed E-state index contributed by atoms with van der Waals surface area (Å²) in [6.45, 7) is 2.73. The number of imidazole rings is 1. The molecule has 0 N–H and O–H groups in total. The lowest BCUT2D eigenvalue weighted by Gasteiger charge is -2.11. The molecule has 0 fully saturated rings. The van der Waals surface area contributed by atoms with E-state index in [4.69, 9.17) is 4.98 Å². The van der Waals surface area contributed by atoms with Crippen molar-refractivity contribution in [2.45, 2.75) is 32.9 Å². The molecule has 5 rings (SSSR count). The largest absolute Gasteiger partial charge is 0.333 e. The van der Waals surface area contributed by atoms with Gasteiger partial charge in [0.25, 0.3) is 5.56 Å². The Morgan fingerprint density at radius 3 is 2.33 bits per heavy atom. The maximum Gasteiger partial charge on any atom is 0.333 e. The molecule has 30 heavy (non-hydrogen) atoms. The summed E-state index contributed by atoms with van der Waals surface area (Å²) < 4.78 is 4.84. The van der Waals surface area contributed by atoms with Crippen molar-refractivity contribution < 1.29 is 0 Å². The number of allylic oxidation sites excluding steroid dienone is 1. The first-order valence-corrected chi connectivity index (χ1v) is 10.2. The van der Waals surface area contributed by atoms with Crippen LogP contribution in [0.15, 0.2) is 70.3 Å². The minimum Gasteiger partial charge on any atom is -0.296 e. The van der Waals surface area contributed by atoms with Gasteiger partial charge in [-0.1, -0.05) is 67.6 Å². The molecule has 0 aliphatic carbocycles. The molecule has 2 aromatic heterocycles. The van der Waals surface area contributed by atoms with E-state index in [1.165, 1.54) is 4.57 Å². The molecule has 0 atom stereocenters. The van der Waals surface area contributed by atoms with Crippen LogP contribution in [0.1, 0.15) is 30.3 Å². The summed E-state index contributed by atoms with van der Waals surface area (Å²) in [5.41, 5.74) is 3.58. The molecule has 0 radical (unpaired) electrons. The lowest BCUT2D eigenvalue weighted by Crippen LogP contribution is -2.40. The quantitative estimate of drug-likeness (QED) is 0.518. The highest BCUT2D eigenvalue weighted by Gasteiger charge is 2.25. The molecule has 0 saturated carbocycles. The standard InChI is InChI=1S/C24H22N4O2/c1-2-13-26-23(29)21-22(28(24(26)30)15-17-9-5-3-6-10-17)25-20-14-19(16-27(20)21)18-11-7-4-8-12-18/h3-12,16H,2,13-15H2,1H3. The highest BCUT2D eigenvalue weighted by molar-refractivity contribution is 5.86. The normalized spacial score (nSPS) is 12.9. The maximum absolute atomic E-state index is 13.3. The van der Waals surface area contributed by atoms with Crippen LogP contribution in [-0.4, -0.2) is 18.7 Å². The van der Waals surface area contributed by atoms with Crippen LogP contribution in [0, 0.1) is 0 Å². The van der Waals surface area contributed by atoms with Gasteiger partial charge in [-0.25, -0.2) is 9.78 Å². The van der Waals surface area contributed by atoms with Gasteiger partial charge >= 0.3 is 5.69 Å². The Morgan fingerprint density at radius 1 is 0.933 bits per heavy atom. The van der Waals surface area contributed by atoms with Crippen molar-refractivity contribution in [3.63, 3.8) is 0 Å². The SMILES string of the molecule is CCCn1c(=O)c2c(nc3n2C=C(c2ccccc2)C3)n(Cc2ccccc2)c1=O. The van der Waals surface area contributed by atoms with Crippen molar-refractivity contribution in [2.24, 2.45) is 0 Å². The third kappa shape index (κ3) is 2.92. The smallest absolute Gasteiger partial charge is 0.296 e. The number of benzene rings is 2. The minimum absolute atomic E-state index is 0.273. The predicted molar refractivity (Wildman–Crippen MR) is 118 cm³/mol. The fourth-order valence-corrected chi connectivity index (χ4v) is 4.10. The van der Waals surface area contributed by atoms with Gasteiger partial charge in [-0.2, -0.15) is 0 Å². The van der Waals surface area contributed by atoms with Crippen LogP contribution in [0.5, 0.6) is 0 Å². The van der Waals surface area contributed by atoms with Gasteiger partial charge in [0.15, 0.2) is 11.2 Å². The van der Waals surface area contributed by atoms with Crippen LogP contribution in [-0.2, 0) is 19.5 Å². The zero-order valence-electron chi connectivity index (χ0n) is 16.8. The molecular weight excluding hydrogens is 376 g/mol. The summed E-state index contributed by atoms with van der Waals surface area (Å²) in [7, 11) is 0. The number of rotatable bonds is 5. The van der Waals surface area contributed by atoms with Crippen molar-refractivity contribution in [1.82, 2.24) is 18.7 Å². The number of hydrogen-bond acceptors (Lipinski definition) is 3. The van der Waals surface area contributed by atoms with Crippen LogP contribution in [0.2, 0.25) is 0 Å². The zero-order valence-corrected chi connectivity index (χ0v) is 16.8. The summed E-state index contributed by atoms with van der Waals surface area (Å²) in [5.74, 6) is 0.788. The number of fused-ring (bicyclic) bond motifs is 3. The monoisotopic (exact) mass is 398 g/mol. The predicted octanol–water partition coefficient (Wildman–Crippen LogP) is 3.37. The summed E-state index contributed by atoms with van der Waals surface area (Å²) >= 11 is 0. The topological polar surface area (TPSA) is 61.8 Å². The van der Waals surface area contributed by atoms with E-state index in [-0.39, 0.29) is 11.2 Å². The van der Waals surface area contributed by atoms with Crippen molar-refractivity contribution in [3.8, 4) is 0 Å². The van der Waals surface area contributed by atoms with Crippen molar-refractivity contribution >= 4 is 22.9 Å². The van der Waals surface area contributed by atoms with E-state index in [1.54, 1.807) is 4.57 Å². The van der Waals surface area contributed by atoms with E-state index < -0.39 is 0 Å². The lowest BCUT2D eigenvalue weighted by molar-refractivity contribution is 0.578. The molecule has 6 nitrogen and oxygen atoms in total. The molecule has 0 bridgehead atoms. The van der Waals surface area contributed by atoms with Crippen LogP contribution < -0.4 is 11.2 Å². The Bertz CT molecular complexity index is 1380. The molecule has 0 spiro atoms. The second-order valence-corrected chi connectivity index (χ2v) is 7.58. The van der Waals surface area contributed by atoms with Gasteiger partial charge in [0.1, 0.15) is 5.82 Å². The van der Waals surface area contributed by atoms with Gasteiger partial charge in [-0.3, -0.25) is 18.5 Å². The third-order valence-corrected chi connectivity index (χ3v) is 5.54. The summed E-state index contributed by atoms with van der Waals surface area (Å²) in [4.78, 5) is 31.2. The van der Waals surface area contributed by atoms with Crippen molar-refractivity contribution in [1.29, 1.82) is 0 Å². The molecule has 3 heterocycles. The van der Waals surface area contributed by atoms with E-state index in [0.717, 1.165) is 22.5 Å². The fourth-order valence-electron chi connectivity index (χ4n) is 4.10. The van der Waals surface area contributed by atoms with Crippen LogP contribution in [0.4, 0.5) is 0 Å². The molecule has 4 aromatic rings. The van der Waals surface area contributed by atoms with Gasteiger partial charge in [-0.05, 0) is 23.1 Å². The van der Waals surface area contributed by atoms with Crippen LogP contribution in [0.25, 0.3) is 22.9 Å². The molecular formula is C24H22N4O2. The first-order chi connectivity index (χ1) is 14.7. The fraction of sp³-hybridized carbons (Fsp3) is 0.208. The van der Waals surface area contributed by atoms with Gasteiger partial charge in [0.05, 0.1) is 6.54 Å². The van der Waals surface area contributed by atoms with Gasteiger partial charge < -0.3 is 0 Å². The highest BCUT2D eigenvalue weighted by atomic mass is 16.2. The van der Waals surface area contributed by atoms with Crippen LogP contribution in [0.3, 0.4) is 0 Å². The molecule has 0 amide bonds. The Morgan fingerprint density at radius 2 is 1.63 bits per heavy atom. The number of aromatic nitrogens is 4. The zero-order chi connectivity index (χ0) is 20.7. The van der Waals surface area contributed by atoms with Gasteiger partial charge in [0, 0.05) is 19.2 Å². The summed E-state index contributed by atoms with van der Waals surface area (Å²) in [5, 5.41) is 0. The van der Waals surface area contributed by atoms with E-state index in [2.05, 4.69) is 12.1 Å². The maximum atomic E-state index is 13.3. The molecule has 0 unspecified atom stereocenters. The Kier molecular flexibility index (Phi) is 4.47. The van der Waals surface area contributed by atoms with E-state index in [9.17, 15) is 9.59 Å².